The summed E-state index contributed by atoms with van der Waals surface area (Å²) in [7, 11) is 0. The minimum atomic E-state index is 0.556. The number of aromatic nitrogens is 2. The second kappa shape index (κ2) is 14.5. The van der Waals surface area contributed by atoms with Crippen LogP contribution in [0.25, 0.3) is 55.9 Å². The molecule has 2 heterocycles. The highest BCUT2D eigenvalue weighted by atomic mass is 15.0. The second-order valence-corrected chi connectivity index (χ2v) is 12.2. The van der Waals surface area contributed by atoms with E-state index in [1.807, 2.05) is 19.1 Å². The van der Waals surface area contributed by atoms with Crippen LogP contribution < -0.4 is 0 Å². The Kier molecular flexibility index (Phi) is 9.35. The molecule has 0 spiro atoms. The summed E-state index contributed by atoms with van der Waals surface area (Å²) in [6.07, 6.45) is 11.3. The van der Waals surface area contributed by atoms with Crippen molar-refractivity contribution < 1.29 is 0 Å². The zero-order valence-electron chi connectivity index (χ0n) is 28.6. The predicted octanol–water partition coefficient (Wildman–Crippen LogP) is 12.0. The van der Waals surface area contributed by atoms with Crippen molar-refractivity contribution in [2.75, 3.05) is 0 Å². The van der Waals surface area contributed by atoms with Crippen LogP contribution in [0.2, 0.25) is 0 Å². The Morgan fingerprint density at radius 2 is 1.34 bits per heavy atom. The minimum absolute atomic E-state index is 0.556. The van der Waals surface area contributed by atoms with Gasteiger partial charge in [-0.3, -0.25) is 9.98 Å². The van der Waals surface area contributed by atoms with Gasteiger partial charge < -0.3 is 9.13 Å². The van der Waals surface area contributed by atoms with Crippen molar-refractivity contribution in [3.63, 3.8) is 0 Å². The van der Waals surface area contributed by atoms with E-state index in [1.165, 1.54) is 10.8 Å². The Bertz CT molecular complexity index is 2430. The van der Waals surface area contributed by atoms with E-state index >= 15 is 0 Å². The van der Waals surface area contributed by atoms with Gasteiger partial charge in [0.2, 0.25) is 0 Å². The van der Waals surface area contributed by atoms with E-state index in [9.17, 15) is 0 Å². The maximum atomic E-state index is 5.15. The van der Waals surface area contributed by atoms with Gasteiger partial charge in [-0.15, -0.1) is 0 Å². The highest BCUT2D eigenvalue weighted by Crippen LogP contribution is 2.35. The fourth-order valence-electron chi connectivity index (χ4n) is 6.80. The summed E-state index contributed by atoms with van der Waals surface area (Å²) in [5.74, 6) is 0. The third-order valence-electron chi connectivity index (χ3n) is 9.03. The average molecular weight is 649 g/mol. The first-order valence-electron chi connectivity index (χ1n) is 17.1. The molecule has 7 aromatic rings. The SMILES string of the molecule is C=Cc1cc2ccccc2n1-c1cc(/C(=C/C(=NCc2ccccc2)C(/C=C\C)=C/CC)N=C)cc(-n2c3ccccc3c3ccccc32)c1. The van der Waals surface area contributed by atoms with Crippen molar-refractivity contribution in [2.45, 2.75) is 26.8 Å². The summed E-state index contributed by atoms with van der Waals surface area (Å²) in [6.45, 7) is 13.0. The van der Waals surface area contributed by atoms with Crippen molar-refractivity contribution in [2.24, 2.45) is 9.98 Å². The smallest absolute Gasteiger partial charge is 0.0717 e. The molecule has 7 rings (SSSR count). The van der Waals surface area contributed by atoms with Gasteiger partial charge in [0.1, 0.15) is 0 Å². The average Bonchev–Trinajstić information content (AvgIpc) is 3.71. The van der Waals surface area contributed by atoms with Gasteiger partial charge in [0.25, 0.3) is 0 Å². The zero-order chi connectivity index (χ0) is 34.5. The Labute approximate surface area is 294 Å². The first-order chi connectivity index (χ1) is 24.6. The maximum absolute atomic E-state index is 5.15. The van der Waals surface area contributed by atoms with Gasteiger partial charge in [0, 0.05) is 38.8 Å². The fourth-order valence-corrected chi connectivity index (χ4v) is 6.80. The largest absolute Gasteiger partial charge is 0.310 e. The number of rotatable bonds is 11. The van der Waals surface area contributed by atoms with Gasteiger partial charge >= 0.3 is 0 Å². The van der Waals surface area contributed by atoms with E-state index in [2.05, 4.69) is 180 Å². The van der Waals surface area contributed by atoms with E-state index in [0.29, 0.717) is 6.54 Å². The summed E-state index contributed by atoms with van der Waals surface area (Å²) in [5.41, 5.74) is 11.2. The molecule has 4 nitrogen and oxygen atoms in total. The third-order valence-corrected chi connectivity index (χ3v) is 9.03. The Morgan fingerprint density at radius 1 is 0.720 bits per heavy atom. The molecule has 0 radical (unpaired) electrons. The first-order valence-corrected chi connectivity index (χ1v) is 17.1. The van der Waals surface area contributed by atoms with Crippen LogP contribution in [-0.2, 0) is 6.54 Å². The molecule has 50 heavy (non-hydrogen) atoms. The molecule has 4 heteroatoms. The second-order valence-electron chi connectivity index (χ2n) is 12.2. The number of allylic oxidation sites excluding steroid dienone is 5. The lowest BCUT2D eigenvalue weighted by Gasteiger charge is -2.16. The van der Waals surface area contributed by atoms with Crippen LogP contribution in [0.5, 0.6) is 0 Å². The van der Waals surface area contributed by atoms with E-state index < -0.39 is 0 Å². The number of fused-ring (bicyclic) bond motifs is 4. The molecule has 0 N–H and O–H groups in total. The standard InChI is InChI=1S/C46H40N4/c1-5-17-34(18-6-2)43(48-32-33-19-9-8-10-20-33)31-42(47-4)36-28-38(49-37(7-3)27-35-21-11-14-24-44(35)49)30-39(29-36)50-45-25-15-12-22-40(45)41-23-13-16-26-46(41)50/h5,7-31H,3-4,6,32H2,1-2H3/b17-5-,34-18+,42-31-,48-43?. The summed E-state index contributed by atoms with van der Waals surface area (Å²) >= 11 is 0. The first kappa shape index (κ1) is 32.3. The summed E-state index contributed by atoms with van der Waals surface area (Å²) in [5, 5.41) is 3.57. The van der Waals surface area contributed by atoms with Gasteiger partial charge in [-0.05, 0) is 85.8 Å². The van der Waals surface area contributed by atoms with Crippen molar-refractivity contribution >= 4 is 56.9 Å². The van der Waals surface area contributed by atoms with E-state index in [0.717, 1.165) is 73.5 Å². The molecular weight excluding hydrogens is 609 g/mol. The predicted molar refractivity (Wildman–Crippen MR) is 216 cm³/mol. The minimum Gasteiger partial charge on any atom is -0.310 e. The lowest BCUT2D eigenvalue weighted by Crippen LogP contribution is -2.04. The molecule has 0 saturated carbocycles. The van der Waals surface area contributed by atoms with Gasteiger partial charge in [-0.2, -0.15) is 0 Å². The number of nitrogens with zero attached hydrogens (tertiary/aromatic N) is 4. The summed E-state index contributed by atoms with van der Waals surface area (Å²) in [4.78, 5) is 9.82. The van der Waals surface area contributed by atoms with Crippen molar-refractivity contribution in [3.8, 4) is 11.4 Å². The molecule has 0 aliphatic carbocycles. The molecule has 0 aliphatic heterocycles. The molecule has 2 aromatic heterocycles. The Balaban J connectivity index is 1.51. The highest BCUT2D eigenvalue weighted by Gasteiger charge is 2.17. The van der Waals surface area contributed by atoms with Gasteiger partial charge in [-0.25, -0.2) is 0 Å². The fraction of sp³-hybridized carbons (Fsp3) is 0.0870. The molecule has 0 atom stereocenters. The summed E-state index contributed by atoms with van der Waals surface area (Å²) in [6, 6.07) is 44.9. The van der Waals surface area contributed by atoms with Crippen LogP contribution in [0.4, 0.5) is 0 Å². The van der Waals surface area contributed by atoms with Crippen molar-refractivity contribution in [1.82, 2.24) is 9.13 Å². The number of benzene rings is 5. The number of hydrogen-bond donors (Lipinski definition) is 0. The Morgan fingerprint density at radius 3 is 1.98 bits per heavy atom. The van der Waals surface area contributed by atoms with Gasteiger partial charge in [0.15, 0.2) is 0 Å². The van der Waals surface area contributed by atoms with E-state index in [1.54, 1.807) is 0 Å². The van der Waals surface area contributed by atoms with Crippen molar-refractivity contribution in [3.05, 3.63) is 181 Å². The molecule has 0 aliphatic rings. The normalized spacial score (nSPS) is 12.8. The summed E-state index contributed by atoms with van der Waals surface area (Å²) < 4.78 is 4.63. The van der Waals surface area contributed by atoms with Crippen molar-refractivity contribution in [1.29, 1.82) is 0 Å². The number of aliphatic imine (C=N–C) groups is 2. The van der Waals surface area contributed by atoms with E-state index in [4.69, 9.17) is 4.99 Å². The zero-order valence-corrected chi connectivity index (χ0v) is 28.6. The van der Waals surface area contributed by atoms with Gasteiger partial charge in [-0.1, -0.05) is 117 Å². The monoisotopic (exact) mass is 648 g/mol. The highest BCUT2D eigenvalue weighted by molar-refractivity contribution is 6.14. The van der Waals surface area contributed by atoms with Crippen LogP contribution >= 0.6 is 0 Å². The number of hydrogen-bond acceptors (Lipinski definition) is 2. The van der Waals surface area contributed by atoms with Crippen LogP contribution in [-0.4, -0.2) is 21.6 Å². The quantitative estimate of drug-likeness (QED) is 0.0988. The lowest BCUT2D eigenvalue weighted by atomic mass is 10.0. The van der Waals surface area contributed by atoms with Crippen LogP contribution in [0.3, 0.4) is 0 Å². The van der Waals surface area contributed by atoms with Crippen LogP contribution in [0.1, 0.15) is 37.1 Å². The molecule has 0 amide bonds. The topological polar surface area (TPSA) is 34.6 Å². The molecule has 244 valence electrons. The molecule has 0 fully saturated rings. The molecular formula is C46H40N4. The molecule has 0 bridgehead atoms. The van der Waals surface area contributed by atoms with Crippen LogP contribution in [0, 0.1) is 0 Å². The molecule has 0 saturated heterocycles. The maximum Gasteiger partial charge on any atom is 0.0717 e. The van der Waals surface area contributed by atoms with Crippen LogP contribution in [0.15, 0.2) is 174 Å². The number of para-hydroxylation sites is 3. The van der Waals surface area contributed by atoms with Gasteiger partial charge in [0.05, 0.1) is 34.5 Å². The molecule has 0 unspecified atom stereocenters. The lowest BCUT2D eigenvalue weighted by molar-refractivity contribution is 1.07. The third kappa shape index (κ3) is 6.20. The molecule has 5 aromatic carbocycles. The Hall–Kier alpha value is -6.26. The van der Waals surface area contributed by atoms with E-state index in [-0.39, 0.29) is 0 Å².